The number of methoxy groups -OCH3 is 3. The molecule has 3 heterocycles. The Morgan fingerprint density at radius 3 is 2.44 bits per heavy atom. The number of phenols is 1. The largest absolute Gasteiger partial charge is 0.504 e. The summed E-state index contributed by atoms with van der Waals surface area (Å²) in [7, 11) is 4.65. The molecule has 0 spiro atoms. The topological polar surface area (TPSA) is 83.1 Å². The van der Waals surface area contributed by atoms with Crippen LogP contribution in [0.5, 0.6) is 23.0 Å². The van der Waals surface area contributed by atoms with E-state index in [0.717, 1.165) is 16.8 Å². The summed E-state index contributed by atoms with van der Waals surface area (Å²) in [5, 5.41) is 11.2. The van der Waals surface area contributed by atoms with Gasteiger partial charge >= 0.3 is 5.63 Å². The highest BCUT2D eigenvalue weighted by molar-refractivity contribution is 6.09. The second-order valence-electron chi connectivity index (χ2n) is 8.92. The standard InChI is InChI=1S/C28H24FNO6/c1-33-21-6-4-15(10-19(21)31)24-25-18-12-16(29)5-7-20(18)36-28(32)27(25)30-9-8-14-11-22(34-2)23(35-3)13-17(14)26(24)30/h4,6,10-13,31H,5,7-9H2,1-3H3. The van der Waals surface area contributed by atoms with Gasteiger partial charge in [-0.25, -0.2) is 9.18 Å². The van der Waals surface area contributed by atoms with Gasteiger partial charge in [0, 0.05) is 41.5 Å². The highest BCUT2D eigenvalue weighted by Gasteiger charge is 2.32. The lowest BCUT2D eigenvalue weighted by Crippen LogP contribution is -2.16. The van der Waals surface area contributed by atoms with Gasteiger partial charge in [0.2, 0.25) is 0 Å². The molecule has 8 heteroatoms. The molecule has 2 aliphatic rings. The quantitative estimate of drug-likeness (QED) is 0.409. The zero-order valence-corrected chi connectivity index (χ0v) is 20.1. The molecule has 0 saturated carbocycles. The number of fused-ring (bicyclic) bond motifs is 7. The van der Waals surface area contributed by atoms with Crippen LogP contribution >= 0.6 is 0 Å². The average molecular weight is 489 g/mol. The van der Waals surface area contributed by atoms with E-state index in [4.69, 9.17) is 18.6 Å². The number of halogens is 1. The maximum Gasteiger partial charge on any atom is 0.360 e. The number of ether oxygens (including phenoxy) is 3. The molecular formula is C28H24FNO6. The number of nitrogens with zero attached hydrogens (tertiary/aromatic N) is 1. The number of rotatable bonds is 4. The zero-order valence-electron chi connectivity index (χ0n) is 20.1. The van der Waals surface area contributed by atoms with Gasteiger partial charge in [-0.15, -0.1) is 0 Å². The molecule has 36 heavy (non-hydrogen) atoms. The Labute approximate surface area is 205 Å². The van der Waals surface area contributed by atoms with Crippen molar-refractivity contribution in [1.82, 2.24) is 4.57 Å². The van der Waals surface area contributed by atoms with E-state index in [1.165, 1.54) is 13.2 Å². The molecule has 1 N–H and O–H groups in total. The van der Waals surface area contributed by atoms with E-state index in [0.29, 0.717) is 70.0 Å². The minimum absolute atomic E-state index is 0.0370. The van der Waals surface area contributed by atoms with Gasteiger partial charge in [-0.1, -0.05) is 6.07 Å². The maximum absolute atomic E-state index is 14.5. The molecule has 6 rings (SSSR count). The number of aryl methyl sites for hydroxylation is 3. The molecule has 0 fully saturated rings. The summed E-state index contributed by atoms with van der Waals surface area (Å²) in [4.78, 5) is 13.3. The van der Waals surface area contributed by atoms with Gasteiger partial charge in [0.15, 0.2) is 23.0 Å². The Morgan fingerprint density at radius 1 is 0.972 bits per heavy atom. The Balaban J connectivity index is 1.79. The third-order valence-electron chi connectivity index (χ3n) is 7.07. The minimum Gasteiger partial charge on any atom is -0.504 e. The number of aromatic nitrogens is 1. The molecule has 0 amide bonds. The summed E-state index contributed by atoms with van der Waals surface area (Å²) in [5.74, 6) is 1.66. The molecule has 0 bridgehead atoms. The van der Waals surface area contributed by atoms with Gasteiger partial charge in [0.1, 0.15) is 17.1 Å². The Hall–Kier alpha value is -4.20. The summed E-state index contributed by atoms with van der Waals surface area (Å²) in [5.41, 5.74) is 4.53. The van der Waals surface area contributed by atoms with E-state index in [9.17, 15) is 14.3 Å². The second-order valence-corrected chi connectivity index (χ2v) is 8.92. The summed E-state index contributed by atoms with van der Waals surface area (Å²) in [6.07, 6.45) is 2.60. The Bertz CT molecular complexity index is 1640. The number of benzene rings is 2. The van der Waals surface area contributed by atoms with Gasteiger partial charge in [-0.3, -0.25) is 0 Å². The monoisotopic (exact) mass is 489 g/mol. The Kier molecular flexibility index (Phi) is 5.07. The maximum atomic E-state index is 14.5. The lowest BCUT2D eigenvalue weighted by molar-refractivity contribution is 0.354. The van der Waals surface area contributed by atoms with Crippen molar-refractivity contribution in [3.8, 4) is 45.4 Å². The van der Waals surface area contributed by atoms with Crippen molar-refractivity contribution < 1.29 is 28.1 Å². The molecule has 0 unspecified atom stereocenters. The van der Waals surface area contributed by atoms with Crippen molar-refractivity contribution in [3.05, 3.63) is 63.5 Å². The molecule has 1 aliphatic heterocycles. The van der Waals surface area contributed by atoms with Gasteiger partial charge in [-0.05, 0) is 47.9 Å². The predicted molar refractivity (Wildman–Crippen MR) is 134 cm³/mol. The van der Waals surface area contributed by atoms with E-state index >= 15 is 0 Å². The molecular weight excluding hydrogens is 465 g/mol. The number of allylic oxidation sites excluding steroid dienone is 1. The Morgan fingerprint density at radius 2 is 1.72 bits per heavy atom. The molecule has 0 atom stereocenters. The first-order chi connectivity index (χ1) is 17.4. The predicted octanol–water partition coefficient (Wildman–Crippen LogP) is 5.47. The number of aromatic hydroxyl groups is 1. The van der Waals surface area contributed by atoms with Crippen molar-refractivity contribution in [2.45, 2.75) is 25.8 Å². The molecule has 4 aromatic rings. The van der Waals surface area contributed by atoms with Gasteiger partial charge in [-0.2, -0.15) is 0 Å². The molecule has 7 nitrogen and oxygen atoms in total. The third-order valence-corrected chi connectivity index (χ3v) is 7.07. The number of phenolic OH excluding ortho intramolecular Hbond substituents is 1. The van der Waals surface area contributed by atoms with Crippen LogP contribution in [-0.4, -0.2) is 31.0 Å². The van der Waals surface area contributed by atoms with Crippen LogP contribution in [0.4, 0.5) is 4.39 Å². The van der Waals surface area contributed by atoms with Crippen LogP contribution in [0.2, 0.25) is 0 Å². The average Bonchev–Trinajstić information content (AvgIpc) is 3.24. The van der Waals surface area contributed by atoms with Crippen molar-refractivity contribution in [2.75, 3.05) is 21.3 Å². The summed E-state index contributed by atoms with van der Waals surface area (Å²) in [6.45, 7) is 0.520. The minimum atomic E-state index is -0.464. The molecule has 2 aromatic carbocycles. The van der Waals surface area contributed by atoms with E-state index in [1.807, 2.05) is 22.8 Å². The second kappa shape index (κ2) is 8.19. The lowest BCUT2D eigenvalue weighted by Gasteiger charge is -2.23. The van der Waals surface area contributed by atoms with Crippen LogP contribution in [0.25, 0.3) is 39.4 Å². The number of hydrogen-bond acceptors (Lipinski definition) is 6. The SMILES string of the molecule is COc1ccc(-c2c3n(c4c(=O)oc5c(c24)C=C(F)CC5)CCc2cc(OC)c(OC)cc2-3)cc1O. The highest BCUT2D eigenvalue weighted by atomic mass is 19.1. The van der Waals surface area contributed by atoms with Gasteiger partial charge in [0.25, 0.3) is 0 Å². The first-order valence-electron chi connectivity index (χ1n) is 11.7. The third kappa shape index (κ3) is 3.13. The molecule has 1 aliphatic carbocycles. The van der Waals surface area contributed by atoms with Crippen LogP contribution in [0.3, 0.4) is 0 Å². The lowest BCUT2D eigenvalue weighted by atomic mass is 9.90. The van der Waals surface area contributed by atoms with Crippen molar-refractivity contribution >= 4 is 17.0 Å². The smallest absolute Gasteiger partial charge is 0.360 e. The van der Waals surface area contributed by atoms with Crippen LogP contribution in [0.15, 0.2) is 45.4 Å². The van der Waals surface area contributed by atoms with Crippen molar-refractivity contribution in [3.63, 3.8) is 0 Å². The molecule has 184 valence electrons. The first-order valence-corrected chi connectivity index (χ1v) is 11.7. The van der Waals surface area contributed by atoms with E-state index < -0.39 is 5.63 Å². The highest BCUT2D eigenvalue weighted by Crippen LogP contribution is 2.49. The fraction of sp³-hybridized carbons (Fsp3) is 0.250. The van der Waals surface area contributed by atoms with Gasteiger partial charge < -0.3 is 28.3 Å². The molecule has 0 radical (unpaired) electrons. The molecule has 2 aromatic heterocycles. The normalized spacial score (nSPS) is 14.1. The zero-order chi connectivity index (χ0) is 25.1. The van der Waals surface area contributed by atoms with Crippen LogP contribution in [-0.2, 0) is 19.4 Å². The number of hydrogen-bond donors (Lipinski definition) is 1. The van der Waals surface area contributed by atoms with Gasteiger partial charge in [0.05, 0.1) is 27.0 Å². The van der Waals surface area contributed by atoms with Crippen LogP contribution < -0.4 is 19.8 Å². The fourth-order valence-electron chi connectivity index (χ4n) is 5.46. The van der Waals surface area contributed by atoms with E-state index in [2.05, 4.69) is 0 Å². The summed E-state index contributed by atoms with van der Waals surface area (Å²) in [6, 6.07) is 8.95. The fourth-order valence-corrected chi connectivity index (χ4v) is 5.46. The summed E-state index contributed by atoms with van der Waals surface area (Å²) < 4.78 is 38.5. The first kappa shape index (κ1) is 22.3. The van der Waals surface area contributed by atoms with E-state index in [1.54, 1.807) is 26.4 Å². The van der Waals surface area contributed by atoms with Crippen LogP contribution in [0, 0.1) is 0 Å². The summed E-state index contributed by atoms with van der Waals surface area (Å²) >= 11 is 0. The van der Waals surface area contributed by atoms with Crippen LogP contribution in [0.1, 0.15) is 23.3 Å². The van der Waals surface area contributed by atoms with E-state index in [-0.39, 0.29) is 18.0 Å². The molecule has 0 saturated heterocycles. The van der Waals surface area contributed by atoms with Crippen molar-refractivity contribution in [1.29, 1.82) is 0 Å². The van der Waals surface area contributed by atoms with Crippen molar-refractivity contribution in [2.24, 2.45) is 0 Å².